The summed E-state index contributed by atoms with van der Waals surface area (Å²) in [6.45, 7) is 0. The largest absolute Gasteiger partial charge is 0.455 e. The fraction of sp³-hybridized carbons (Fsp3) is 0. The van der Waals surface area contributed by atoms with Crippen molar-refractivity contribution in [3.8, 4) is 55.6 Å². The van der Waals surface area contributed by atoms with Crippen molar-refractivity contribution in [3.05, 3.63) is 237 Å². The molecule has 12 aromatic rings. The Hall–Kier alpha value is -7.98. The van der Waals surface area contributed by atoms with E-state index in [1.165, 1.54) is 42.4 Å². The van der Waals surface area contributed by atoms with Crippen LogP contribution in [0.15, 0.2) is 241 Å². The predicted molar refractivity (Wildman–Crippen MR) is 268 cm³/mol. The van der Waals surface area contributed by atoms with E-state index in [0.717, 1.165) is 72.4 Å². The summed E-state index contributed by atoms with van der Waals surface area (Å²) in [5.74, 6) is 0. The third kappa shape index (κ3) is 6.76. The van der Waals surface area contributed by atoms with Gasteiger partial charge < -0.3 is 9.32 Å². The summed E-state index contributed by atoms with van der Waals surface area (Å²) in [4.78, 5) is 2.39. The van der Waals surface area contributed by atoms with E-state index in [0.29, 0.717) is 0 Å². The zero-order valence-electron chi connectivity index (χ0n) is 34.3. The molecule has 0 bridgehead atoms. The first-order valence-corrected chi connectivity index (χ1v) is 22.2. The summed E-state index contributed by atoms with van der Waals surface area (Å²) in [5, 5.41) is 4.87. The second-order valence-corrected chi connectivity index (χ2v) is 17.2. The standard InChI is InChI=1S/C60H39NOS/c1-4-13-40(14-5-1)47-35-48(41-15-6-2-7-16-41)37-51(36-47)61(50-31-25-43(26-32-50)46-27-33-54-53-19-10-11-22-58(53)63-59(54)39-46)49-29-23-42(24-30-49)45-28-34-57-56(38-45)55-21-12-20-52(60(55)62-57)44-17-8-3-9-18-44/h1-39H. The summed E-state index contributed by atoms with van der Waals surface area (Å²) >= 11 is 1.86. The van der Waals surface area contributed by atoms with E-state index in [2.05, 4.69) is 235 Å². The Labute approximate surface area is 370 Å². The fourth-order valence-corrected chi connectivity index (χ4v) is 10.3. The van der Waals surface area contributed by atoms with Crippen LogP contribution in [-0.4, -0.2) is 0 Å². The highest BCUT2D eigenvalue weighted by molar-refractivity contribution is 7.25. The number of benzene rings is 10. The molecular weight excluding hydrogens is 783 g/mol. The van der Waals surface area contributed by atoms with Gasteiger partial charge in [0.25, 0.3) is 0 Å². The molecule has 0 N–H and O–H groups in total. The number of nitrogens with zero attached hydrogens (tertiary/aromatic N) is 1. The van der Waals surface area contributed by atoms with Gasteiger partial charge in [-0.15, -0.1) is 11.3 Å². The number of hydrogen-bond acceptors (Lipinski definition) is 3. The van der Waals surface area contributed by atoms with E-state index in [1.807, 2.05) is 17.4 Å². The van der Waals surface area contributed by atoms with Crippen LogP contribution < -0.4 is 4.90 Å². The molecule has 0 atom stereocenters. The van der Waals surface area contributed by atoms with Crippen LogP contribution in [0.5, 0.6) is 0 Å². The Morgan fingerprint density at radius 1 is 0.286 bits per heavy atom. The number of thiophene rings is 1. The Morgan fingerprint density at radius 3 is 1.44 bits per heavy atom. The van der Waals surface area contributed by atoms with E-state index < -0.39 is 0 Å². The topological polar surface area (TPSA) is 16.4 Å². The van der Waals surface area contributed by atoms with Crippen LogP contribution in [0.2, 0.25) is 0 Å². The van der Waals surface area contributed by atoms with Gasteiger partial charge in [-0.25, -0.2) is 0 Å². The second-order valence-electron chi connectivity index (χ2n) is 16.1. The van der Waals surface area contributed by atoms with Crippen LogP contribution in [0.3, 0.4) is 0 Å². The summed E-state index contributed by atoms with van der Waals surface area (Å²) < 4.78 is 9.15. The van der Waals surface area contributed by atoms with E-state index in [-0.39, 0.29) is 0 Å². The van der Waals surface area contributed by atoms with Crippen molar-refractivity contribution < 1.29 is 4.42 Å². The first-order valence-electron chi connectivity index (χ1n) is 21.4. The van der Waals surface area contributed by atoms with Gasteiger partial charge in [0, 0.05) is 53.6 Å². The normalized spacial score (nSPS) is 11.5. The van der Waals surface area contributed by atoms with Crippen molar-refractivity contribution in [1.29, 1.82) is 0 Å². The molecule has 0 aliphatic carbocycles. The van der Waals surface area contributed by atoms with Crippen LogP contribution >= 0.6 is 11.3 Å². The van der Waals surface area contributed by atoms with Gasteiger partial charge in [-0.3, -0.25) is 0 Å². The van der Waals surface area contributed by atoms with Crippen LogP contribution in [-0.2, 0) is 0 Å². The molecule has 296 valence electrons. The van der Waals surface area contributed by atoms with Crippen LogP contribution in [0.1, 0.15) is 0 Å². The number of furan rings is 1. The minimum atomic E-state index is 0.889. The van der Waals surface area contributed by atoms with E-state index in [9.17, 15) is 0 Å². The Balaban J connectivity index is 0.963. The third-order valence-electron chi connectivity index (χ3n) is 12.3. The summed E-state index contributed by atoms with van der Waals surface area (Å²) in [6, 6.07) is 85.4. The van der Waals surface area contributed by atoms with Gasteiger partial charge in [0.15, 0.2) is 0 Å². The first-order chi connectivity index (χ1) is 31.2. The maximum Gasteiger partial charge on any atom is 0.143 e. The van der Waals surface area contributed by atoms with Crippen molar-refractivity contribution in [2.45, 2.75) is 0 Å². The molecule has 0 spiro atoms. The van der Waals surface area contributed by atoms with Gasteiger partial charge in [0.2, 0.25) is 0 Å². The summed E-state index contributed by atoms with van der Waals surface area (Å²) in [5.41, 5.74) is 16.7. The second kappa shape index (κ2) is 15.5. The number of hydrogen-bond donors (Lipinski definition) is 0. The Bertz CT molecular complexity index is 3530. The minimum Gasteiger partial charge on any atom is -0.455 e. The SMILES string of the molecule is c1ccc(-c2cc(-c3ccccc3)cc(N(c3ccc(-c4ccc5c(c4)sc4ccccc45)cc3)c3ccc(-c4ccc5oc6c(-c7ccccc7)cccc6c5c4)cc3)c2)cc1. The highest BCUT2D eigenvalue weighted by atomic mass is 32.1. The van der Waals surface area contributed by atoms with Crippen LogP contribution in [0.25, 0.3) is 97.7 Å². The maximum absolute atomic E-state index is 6.52. The monoisotopic (exact) mass is 821 g/mol. The van der Waals surface area contributed by atoms with E-state index >= 15 is 0 Å². The van der Waals surface area contributed by atoms with Gasteiger partial charge in [-0.1, -0.05) is 170 Å². The molecule has 2 nitrogen and oxygen atoms in total. The molecule has 2 aromatic heterocycles. The predicted octanol–water partition coefficient (Wildman–Crippen LogP) is 17.8. The van der Waals surface area contributed by atoms with Gasteiger partial charge >= 0.3 is 0 Å². The molecule has 12 rings (SSSR count). The lowest BCUT2D eigenvalue weighted by molar-refractivity contribution is 0.670. The number of para-hydroxylation sites is 1. The molecule has 0 amide bonds. The van der Waals surface area contributed by atoms with Gasteiger partial charge in [0.05, 0.1) is 0 Å². The third-order valence-corrected chi connectivity index (χ3v) is 13.4. The molecule has 10 aromatic carbocycles. The molecular formula is C60H39NOS. The number of fused-ring (bicyclic) bond motifs is 6. The number of rotatable bonds is 8. The summed E-state index contributed by atoms with van der Waals surface area (Å²) in [7, 11) is 0. The Kier molecular flexibility index (Phi) is 9.06. The molecule has 63 heavy (non-hydrogen) atoms. The van der Waals surface area contributed by atoms with Crippen LogP contribution in [0.4, 0.5) is 17.1 Å². The average molecular weight is 822 g/mol. The molecule has 0 aliphatic heterocycles. The quantitative estimate of drug-likeness (QED) is 0.152. The van der Waals surface area contributed by atoms with Gasteiger partial charge in [-0.2, -0.15) is 0 Å². The Morgan fingerprint density at radius 2 is 0.794 bits per heavy atom. The zero-order chi connectivity index (χ0) is 41.7. The van der Waals surface area contributed by atoms with Crippen molar-refractivity contribution >= 4 is 70.5 Å². The van der Waals surface area contributed by atoms with E-state index in [1.54, 1.807) is 0 Å². The molecule has 0 saturated carbocycles. The molecule has 0 aliphatic rings. The maximum atomic E-state index is 6.52. The first kappa shape index (κ1) is 36.8. The smallest absolute Gasteiger partial charge is 0.143 e. The molecule has 0 fully saturated rings. The lowest BCUT2D eigenvalue weighted by Gasteiger charge is -2.27. The van der Waals surface area contributed by atoms with Crippen molar-refractivity contribution in [2.75, 3.05) is 4.90 Å². The molecule has 0 radical (unpaired) electrons. The van der Waals surface area contributed by atoms with Crippen molar-refractivity contribution in [2.24, 2.45) is 0 Å². The fourth-order valence-electron chi connectivity index (χ4n) is 9.12. The molecule has 0 unspecified atom stereocenters. The highest BCUT2D eigenvalue weighted by Crippen LogP contribution is 2.43. The van der Waals surface area contributed by atoms with E-state index in [4.69, 9.17) is 4.42 Å². The average Bonchev–Trinajstić information content (AvgIpc) is 3.93. The molecule has 0 saturated heterocycles. The minimum absolute atomic E-state index is 0.889. The molecule has 3 heteroatoms. The highest BCUT2D eigenvalue weighted by Gasteiger charge is 2.18. The van der Waals surface area contributed by atoms with Crippen molar-refractivity contribution in [3.63, 3.8) is 0 Å². The van der Waals surface area contributed by atoms with Crippen molar-refractivity contribution in [1.82, 2.24) is 0 Å². The lowest BCUT2D eigenvalue weighted by atomic mass is 9.97. The summed E-state index contributed by atoms with van der Waals surface area (Å²) in [6.07, 6.45) is 0. The van der Waals surface area contributed by atoms with Gasteiger partial charge in [-0.05, 0) is 117 Å². The number of anilines is 3. The van der Waals surface area contributed by atoms with Gasteiger partial charge in [0.1, 0.15) is 11.2 Å². The lowest BCUT2D eigenvalue weighted by Crippen LogP contribution is -2.10. The zero-order valence-corrected chi connectivity index (χ0v) is 35.1. The van der Waals surface area contributed by atoms with Crippen LogP contribution in [0, 0.1) is 0 Å². The molecule has 2 heterocycles.